The maximum Gasteiger partial charge on any atom is 0.490 e. The van der Waals surface area contributed by atoms with E-state index >= 15 is 0 Å². The Balaban J connectivity index is 0.000000451. The first-order valence-electron chi connectivity index (χ1n) is 11.0. The van der Waals surface area contributed by atoms with E-state index in [0.29, 0.717) is 18.5 Å². The quantitative estimate of drug-likeness (QED) is 0.706. The topological polar surface area (TPSA) is 78.9 Å². The molecule has 1 spiro atoms. The molecule has 1 amide bonds. The van der Waals surface area contributed by atoms with E-state index in [0.717, 1.165) is 50.3 Å². The van der Waals surface area contributed by atoms with E-state index in [2.05, 4.69) is 44.0 Å². The van der Waals surface area contributed by atoms with Crippen molar-refractivity contribution in [2.24, 2.45) is 5.92 Å². The van der Waals surface area contributed by atoms with Crippen LogP contribution >= 0.6 is 0 Å². The molecule has 0 atom stereocenters. The van der Waals surface area contributed by atoms with Gasteiger partial charge in [-0.05, 0) is 70.3 Å². The van der Waals surface area contributed by atoms with Gasteiger partial charge in [-0.25, -0.2) is 4.79 Å². The summed E-state index contributed by atoms with van der Waals surface area (Å²) >= 11 is 0. The van der Waals surface area contributed by atoms with Crippen molar-refractivity contribution >= 4 is 11.9 Å². The monoisotopic (exact) mass is 458 g/mol. The second-order valence-corrected chi connectivity index (χ2v) is 9.13. The number of aliphatic carboxylic acids is 1. The second kappa shape index (κ2) is 10.6. The van der Waals surface area contributed by atoms with Crippen molar-refractivity contribution < 1.29 is 32.6 Å². The summed E-state index contributed by atoms with van der Waals surface area (Å²) in [6, 6.07) is 6.59. The molecule has 0 radical (unpaired) electrons. The van der Waals surface area contributed by atoms with Gasteiger partial charge in [-0.1, -0.05) is 13.8 Å². The van der Waals surface area contributed by atoms with Crippen molar-refractivity contribution in [1.29, 1.82) is 0 Å². The van der Waals surface area contributed by atoms with Crippen LogP contribution in [-0.2, 0) is 10.2 Å². The molecule has 1 saturated heterocycles. The molecule has 180 valence electrons. The number of halogens is 3. The molecular formula is C23H33F3N2O4. The summed E-state index contributed by atoms with van der Waals surface area (Å²) in [6.07, 6.45) is -1.72. The van der Waals surface area contributed by atoms with Crippen molar-refractivity contribution in [2.45, 2.75) is 64.6 Å². The molecule has 32 heavy (non-hydrogen) atoms. The summed E-state index contributed by atoms with van der Waals surface area (Å²) in [5.41, 5.74) is 2.18. The highest BCUT2D eigenvalue weighted by Crippen LogP contribution is 2.46. The van der Waals surface area contributed by atoms with Crippen LogP contribution in [0.5, 0.6) is 5.75 Å². The first-order chi connectivity index (χ1) is 14.9. The number of piperidine rings is 1. The molecule has 0 aromatic heterocycles. The molecule has 1 aromatic rings. The number of ether oxygens (including phenoxy) is 1. The molecule has 9 heteroatoms. The summed E-state index contributed by atoms with van der Waals surface area (Å²) in [5.74, 6) is -1.30. The van der Waals surface area contributed by atoms with E-state index in [1.54, 1.807) is 0 Å². The SMILES string of the molecule is CC(C)CNC(=O)c1ccc2c(c1)C1(CCO2)CCN(C(C)C)CC1.O=C(O)C(F)(F)F. The number of hydrogen-bond acceptors (Lipinski definition) is 4. The van der Waals surface area contributed by atoms with Crippen LogP contribution in [-0.4, -0.2) is 60.3 Å². The number of nitrogens with one attached hydrogen (secondary N) is 1. The fourth-order valence-corrected chi connectivity index (χ4v) is 4.09. The van der Waals surface area contributed by atoms with Crippen LogP contribution in [0.3, 0.4) is 0 Å². The molecule has 0 unspecified atom stereocenters. The Bertz CT molecular complexity index is 801. The highest BCUT2D eigenvalue weighted by molar-refractivity contribution is 5.94. The van der Waals surface area contributed by atoms with Crippen LogP contribution < -0.4 is 10.1 Å². The Morgan fingerprint density at radius 2 is 1.75 bits per heavy atom. The number of rotatable bonds is 4. The molecule has 0 saturated carbocycles. The molecule has 2 heterocycles. The molecule has 6 nitrogen and oxygen atoms in total. The van der Waals surface area contributed by atoms with Gasteiger partial charge < -0.3 is 20.1 Å². The Morgan fingerprint density at radius 1 is 1.16 bits per heavy atom. The van der Waals surface area contributed by atoms with Crippen LogP contribution in [0.15, 0.2) is 18.2 Å². The van der Waals surface area contributed by atoms with Crippen LogP contribution in [0.25, 0.3) is 0 Å². The number of carbonyl (C=O) groups excluding carboxylic acids is 1. The molecule has 0 bridgehead atoms. The maximum atomic E-state index is 12.5. The van der Waals surface area contributed by atoms with Crippen molar-refractivity contribution in [1.82, 2.24) is 10.2 Å². The largest absolute Gasteiger partial charge is 0.493 e. The number of benzene rings is 1. The van der Waals surface area contributed by atoms with Crippen molar-refractivity contribution in [3.8, 4) is 5.75 Å². The van der Waals surface area contributed by atoms with Crippen molar-refractivity contribution in [2.75, 3.05) is 26.2 Å². The molecule has 3 rings (SSSR count). The Labute approximate surface area is 187 Å². The smallest absolute Gasteiger partial charge is 0.490 e. The fourth-order valence-electron chi connectivity index (χ4n) is 4.09. The highest BCUT2D eigenvalue weighted by atomic mass is 19.4. The lowest BCUT2D eigenvalue weighted by Crippen LogP contribution is -2.47. The van der Waals surface area contributed by atoms with Crippen LogP contribution in [0.2, 0.25) is 0 Å². The standard InChI is InChI=1S/C21H32N2O2.C2HF3O2/c1-15(2)14-22-20(24)17-5-6-19-18(13-17)21(9-12-25-19)7-10-23(11-8-21)16(3)4;3-2(4,5)1(6)7/h5-6,13,15-16H,7-12,14H2,1-4H3,(H,22,24);(H,6,7). The van der Waals surface area contributed by atoms with Crippen LogP contribution in [0.4, 0.5) is 13.2 Å². The predicted octanol–water partition coefficient (Wildman–Crippen LogP) is 4.23. The summed E-state index contributed by atoms with van der Waals surface area (Å²) in [5, 5.41) is 10.2. The number of carboxylic acids is 1. The lowest BCUT2D eigenvalue weighted by atomic mass is 9.69. The lowest BCUT2D eigenvalue weighted by Gasteiger charge is -2.46. The predicted molar refractivity (Wildman–Crippen MR) is 115 cm³/mol. The third-order valence-electron chi connectivity index (χ3n) is 6.05. The molecular weight excluding hydrogens is 425 g/mol. The van der Waals surface area contributed by atoms with Gasteiger partial charge in [0.1, 0.15) is 5.75 Å². The van der Waals surface area contributed by atoms with Gasteiger partial charge in [0.05, 0.1) is 6.61 Å². The zero-order valence-electron chi connectivity index (χ0n) is 19.1. The van der Waals surface area contributed by atoms with Gasteiger partial charge in [0.2, 0.25) is 0 Å². The van der Waals surface area contributed by atoms with Gasteiger partial charge in [-0.15, -0.1) is 0 Å². The molecule has 2 aliphatic rings. The van der Waals surface area contributed by atoms with E-state index in [1.807, 2.05) is 12.1 Å². The van der Waals surface area contributed by atoms with Crippen molar-refractivity contribution in [3.05, 3.63) is 29.3 Å². The summed E-state index contributed by atoms with van der Waals surface area (Å²) < 4.78 is 37.6. The van der Waals surface area contributed by atoms with Gasteiger partial charge in [-0.2, -0.15) is 13.2 Å². The molecule has 1 aromatic carbocycles. The van der Waals surface area contributed by atoms with E-state index < -0.39 is 12.1 Å². The number of fused-ring (bicyclic) bond motifs is 2. The fraction of sp³-hybridized carbons (Fsp3) is 0.652. The van der Waals surface area contributed by atoms with Gasteiger partial charge >= 0.3 is 12.1 Å². The van der Waals surface area contributed by atoms with E-state index in [-0.39, 0.29) is 11.3 Å². The number of amides is 1. The van der Waals surface area contributed by atoms with Crippen molar-refractivity contribution in [3.63, 3.8) is 0 Å². The zero-order valence-corrected chi connectivity index (χ0v) is 19.1. The molecule has 1 fully saturated rings. The van der Waals surface area contributed by atoms with Gasteiger partial charge in [-0.3, -0.25) is 4.79 Å². The average molecular weight is 459 g/mol. The summed E-state index contributed by atoms with van der Waals surface area (Å²) in [4.78, 5) is 23.9. The maximum absolute atomic E-state index is 12.5. The first kappa shape index (κ1) is 26.0. The third kappa shape index (κ3) is 6.60. The van der Waals surface area contributed by atoms with E-state index in [9.17, 15) is 18.0 Å². The van der Waals surface area contributed by atoms with E-state index in [1.165, 1.54) is 5.56 Å². The van der Waals surface area contributed by atoms with E-state index in [4.69, 9.17) is 14.6 Å². The third-order valence-corrected chi connectivity index (χ3v) is 6.05. The number of alkyl halides is 3. The van der Waals surface area contributed by atoms with Crippen LogP contribution in [0, 0.1) is 5.92 Å². The molecule has 2 N–H and O–H groups in total. The normalized spacial score (nSPS) is 17.9. The first-order valence-corrected chi connectivity index (χ1v) is 11.0. The van der Waals surface area contributed by atoms with Gasteiger partial charge in [0.25, 0.3) is 5.91 Å². The number of carbonyl (C=O) groups is 2. The number of carboxylic acid groups (broad SMARTS) is 1. The average Bonchev–Trinajstić information content (AvgIpc) is 2.72. The number of likely N-dealkylation sites (tertiary alicyclic amines) is 1. The van der Waals surface area contributed by atoms with Gasteiger partial charge in [0, 0.05) is 29.1 Å². The highest BCUT2D eigenvalue weighted by Gasteiger charge is 2.41. The van der Waals surface area contributed by atoms with Gasteiger partial charge in [0.15, 0.2) is 0 Å². The zero-order chi connectivity index (χ0) is 24.1. The molecule has 0 aliphatic carbocycles. The molecule has 2 aliphatic heterocycles. The summed E-state index contributed by atoms with van der Waals surface area (Å²) in [7, 11) is 0. The second-order valence-electron chi connectivity index (χ2n) is 9.13. The Hall–Kier alpha value is -2.29. The Morgan fingerprint density at radius 3 is 2.25 bits per heavy atom. The van der Waals surface area contributed by atoms with Crippen LogP contribution in [0.1, 0.15) is 62.9 Å². The summed E-state index contributed by atoms with van der Waals surface area (Å²) in [6.45, 7) is 12.5. The number of hydrogen-bond donors (Lipinski definition) is 2. The minimum absolute atomic E-state index is 0.0249. The minimum Gasteiger partial charge on any atom is -0.493 e. The lowest BCUT2D eigenvalue weighted by molar-refractivity contribution is -0.192. The Kier molecular flexibility index (Phi) is 8.56. The minimum atomic E-state index is -5.08. The number of nitrogens with zero attached hydrogens (tertiary/aromatic N) is 1.